The third-order valence-electron chi connectivity index (χ3n) is 2.13. The van der Waals surface area contributed by atoms with Crippen LogP contribution >= 0.6 is 0 Å². The standard InChI is InChI=1S/C10H11N3/c1-6-5-11-13-10-8(3)12-7(2)4-9(6)10/h4-5H,1-3H3. The largest absolute Gasteiger partial charge is 0.256 e. The van der Waals surface area contributed by atoms with Crippen LogP contribution in [0.25, 0.3) is 10.9 Å². The molecular formula is C10H11N3. The zero-order valence-electron chi connectivity index (χ0n) is 8.00. The smallest absolute Gasteiger partial charge is 0.114 e. The van der Waals surface area contributed by atoms with Gasteiger partial charge in [-0.1, -0.05) is 0 Å². The molecule has 3 heteroatoms. The molecule has 66 valence electrons. The second kappa shape index (κ2) is 2.76. The third kappa shape index (κ3) is 1.26. The molecule has 0 aromatic carbocycles. The highest BCUT2D eigenvalue weighted by atomic mass is 15.1. The zero-order chi connectivity index (χ0) is 9.42. The van der Waals surface area contributed by atoms with Gasteiger partial charge in [-0.25, -0.2) is 0 Å². The maximum atomic E-state index is 4.34. The third-order valence-corrected chi connectivity index (χ3v) is 2.13. The van der Waals surface area contributed by atoms with E-state index in [4.69, 9.17) is 0 Å². The SMILES string of the molecule is Cc1cc2c(C)cnnc2c(C)n1. The Labute approximate surface area is 76.8 Å². The van der Waals surface area contributed by atoms with Gasteiger partial charge in [-0.2, -0.15) is 5.10 Å². The van der Waals surface area contributed by atoms with E-state index in [2.05, 4.69) is 15.2 Å². The summed E-state index contributed by atoms with van der Waals surface area (Å²) in [6, 6.07) is 2.05. The summed E-state index contributed by atoms with van der Waals surface area (Å²) in [5.41, 5.74) is 4.04. The minimum atomic E-state index is 0.908. The van der Waals surface area contributed by atoms with Gasteiger partial charge in [-0.15, -0.1) is 5.10 Å². The van der Waals surface area contributed by atoms with Crippen LogP contribution in [0.5, 0.6) is 0 Å². The Kier molecular flexibility index (Phi) is 1.72. The lowest BCUT2D eigenvalue weighted by Gasteiger charge is -2.03. The van der Waals surface area contributed by atoms with Crippen molar-refractivity contribution in [1.29, 1.82) is 0 Å². The highest BCUT2D eigenvalue weighted by molar-refractivity contribution is 5.83. The van der Waals surface area contributed by atoms with Crippen LogP contribution in [0.3, 0.4) is 0 Å². The molecule has 0 aliphatic carbocycles. The van der Waals surface area contributed by atoms with E-state index in [0.717, 1.165) is 27.9 Å². The van der Waals surface area contributed by atoms with Crippen molar-refractivity contribution in [3.63, 3.8) is 0 Å². The van der Waals surface area contributed by atoms with Crippen molar-refractivity contribution in [3.05, 3.63) is 29.2 Å². The molecule has 0 saturated carbocycles. The van der Waals surface area contributed by atoms with Gasteiger partial charge in [0.15, 0.2) is 0 Å². The van der Waals surface area contributed by atoms with E-state index in [1.807, 2.05) is 26.8 Å². The summed E-state index contributed by atoms with van der Waals surface area (Å²) >= 11 is 0. The molecule has 0 fully saturated rings. The van der Waals surface area contributed by atoms with Crippen LogP contribution in [0.15, 0.2) is 12.3 Å². The Hall–Kier alpha value is -1.51. The van der Waals surface area contributed by atoms with Crippen molar-refractivity contribution < 1.29 is 0 Å². The van der Waals surface area contributed by atoms with E-state index in [-0.39, 0.29) is 0 Å². The predicted molar refractivity (Wildman–Crippen MR) is 51.5 cm³/mol. The fourth-order valence-corrected chi connectivity index (χ4v) is 1.49. The van der Waals surface area contributed by atoms with Crippen LogP contribution in [0.2, 0.25) is 0 Å². The first kappa shape index (κ1) is 8.10. The minimum absolute atomic E-state index is 0.908. The number of hydrogen-bond acceptors (Lipinski definition) is 3. The van der Waals surface area contributed by atoms with Crippen LogP contribution in [0.1, 0.15) is 17.0 Å². The highest BCUT2D eigenvalue weighted by Crippen LogP contribution is 2.17. The Morgan fingerprint density at radius 3 is 2.69 bits per heavy atom. The van der Waals surface area contributed by atoms with Crippen LogP contribution in [0.4, 0.5) is 0 Å². The molecule has 2 aromatic heterocycles. The van der Waals surface area contributed by atoms with E-state index < -0.39 is 0 Å². The van der Waals surface area contributed by atoms with Crippen molar-refractivity contribution >= 4 is 10.9 Å². The zero-order valence-corrected chi connectivity index (χ0v) is 8.00. The summed E-state index contributed by atoms with van der Waals surface area (Å²) in [7, 11) is 0. The molecule has 3 nitrogen and oxygen atoms in total. The molecule has 0 aliphatic rings. The van der Waals surface area contributed by atoms with Gasteiger partial charge in [-0.05, 0) is 32.4 Å². The number of aryl methyl sites for hydroxylation is 3. The van der Waals surface area contributed by atoms with Crippen LogP contribution in [-0.4, -0.2) is 15.2 Å². The van der Waals surface area contributed by atoms with Gasteiger partial charge >= 0.3 is 0 Å². The number of hydrogen-bond donors (Lipinski definition) is 0. The Bertz CT molecular complexity index is 463. The van der Waals surface area contributed by atoms with E-state index in [0.29, 0.717) is 0 Å². The monoisotopic (exact) mass is 173 g/mol. The van der Waals surface area contributed by atoms with Gasteiger partial charge in [0.1, 0.15) is 5.52 Å². The second-order valence-corrected chi connectivity index (χ2v) is 3.27. The Morgan fingerprint density at radius 2 is 1.92 bits per heavy atom. The summed E-state index contributed by atoms with van der Waals surface area (Å²) in [6.07, 6.45) is 1.78. The molecule has 2 rings (SSSR count). The number of pyridine rings is 1. The van der Waals surface area contributed by atoms with Crippen molar-refractivity contribution in [1.82, 2.24) is 15.2 Å². The molecule has 0 N–H and O–H groups in total. The maximum absolute atomic E-state index is 4.34. The average molecular weight is 173 g/mol. The number of rotatable bonds is 0. The molecule has 0 radical (unpaired) electrons. The van der Waals surface area contributed by atoms with E-state index in [9.17, 15) is 0 Å². The first-order valence-electron chi connectivity index (χ1n) is 4.25. The fourth-order valence-electron chi connectivity index (χ4n) is 1.49. The quantitative estimate of drug-likeness (QED) is 0.611. The highest BCUT2D eigenvalue weighted by Gasteiger charge is 2.03. The molecule has 0 aliphatic heterocycles. The summed E-state index contributed by atoms with van der Waals surface area (Å²) in [4.78, 5) is 4.34. The lowest BCUT2D eigenvalue weighted by atomic mass is 10.1. The molecule has 0 amide bonds. The normalized spacial score (nSPS) is 10.7. The predicted octanol–water partition coefficient (Wildman–Crippen LogP) is 1.95. The van der Waals surface area contributed by atoms with Gasteiger partial charge in [0.25, 0.3) is 0 Å². The Morgan fingerprint density at radius 1 is 1.15 bits per heavy atom. The lowest BCUT2D eigenvalue weighted by molar-refractivity contribution is 1.03. The minimum Gasteiger partial charge on any atom is -0.256 e. The van der Waals surface area contributed by atoms with Crippen LogP contribution in [-0.2, 0) is 0 Å². The van der Waals surface area contributed by atoms with Gasteiger partial charge < -0.3 is 0 Å². The molecule has 0 unspecified atom stereocenters. The Balaban J connectivity index is 2.94. The van der Waals surface area contributed by atoms with E-state index >= 15 is 0 Å². The molecule has 2 aromatic rings. The molecule has 0 spiro atoms. The molecule has 13 heavy (non-hydrogen) atoms. The summed E-state index contributed by atoms with van der Waals surface area (Å²) in [6.45, 7) is 5.99. The first-order valence-corrected chi connectivity index (χ1v) is 4.25. The first-order chi connectivity index (χ1) is 6.18. The van der Waals surface area contributed by atoms with Gasteiger partial charge in [0.2, 0.25) is 0 Å². The van der Waals surface area contributed by atoms with E-state index in [1.54, 1.807) is 6.20 Å². The fraction of sp³-hybridized carbons (Fsp3) is 0.300. The summed E-state index contributed by atoms with van der Waals surface area (Å²) in [5, 5.41) is 9.14. The summed E-state index contributed by atoms with van der Waals surface area (Å²) < 4.78 is 0. The number of nitrogens with zero attached hydrogens (tertiary/aromatic N) is 3. The lowest BCUT2D eigenvalue weighted by Crippen LogP contribution is -1.94. The summed E-state index contributed by atoms with van der Waals surface area (Å²) in [5.74, 6) is 0. The molecular weight excluding hydrogens is 162 g/mol. The van der Waals surface area contributed by atoms with E-state index in [1.165, 1.54) is 0 Å². The molecule has 2 heterocycles. The second-order valence-electron chi connectivity index (χ2n) is 3.27. The number of fused-ring (bicyclic) bond motifs is 1. The van der Waals surface area contributed by atoms with Gasteiger partial charge in [-0.3, -0.25) is 4.98 Å². The molecule has 0 atom stereocenters. The average Bonchev–Trinajstić information content (AvgIpc) is 2.07. The number of aromatic nitrogens is 3. The van der Waals surface area contributed by atoms with Gasteiger partial charge in [0, 0.05) is 11.1 Å². The van der Waals surface area contributed by atoms with Crippen LogP contribution in [0, 0.1) is 20.8 Å². The van der Waals surface area contributed by atoms with Crippen molar-refractivity contribution in [2.75, 3.05) is 0 Å². The maximum Gasteiger partial charge on any atom is 0.114 e. The topological polar surface area (TPSA) is 38.7 Å². The van der Waals surface area contributed by atoms with Crippen molar-refractivity contribution in [3.8, 4) is 0 Å². The van der Waals surface area contributed by atoms with Crippen molar-refractivity contribution in [2.45, 2.75) is 20.8 Å². The molecule has 0 saturated heterocycles. The van der Waals surface area contributed by atoms with Crippen LogP contribution < -0.4 is 0 Å². The molecule has 0 bridgehead atoms. The van der Waals surface area contributed by atoms with Gasteiger partial charge in [0.05, 0.1) is 11.9 Å². The van der Waals surface area contributed by atoms with Crippen molar-refractivity contribution in [2.24, 2.45) is 0 Å².